The molecule has 1 aliphatic heterocycles. The van der Waals surface area contributed by atoms with Crippen molar-refractivity contribution in [2.75, 3.05) is 17.2 Å². The summed E-state index contributed by atoms with van der Waals surface area (Å²) in [6.45, 7) is 0.829. The van der Waals surface area contributed by atoms with Crippen LogP contribution in [-0.4, -0.2) is 45.9 Å². The van der Waals surface area contributed by atoms with E-state index in [1.165, 1.54) is 13.0 Å². The third kappa shape index (κ3) is 5.54. The van der Waals surface area contributed by atoms with E-state index in [1.54, 1.807) is 18.2 Å². The summed E-state index contributed by atoms with van der Waals surface area (Å²) in [6, 6.07) is 15.6. The van der Waals surface area contributed by atoms with Gasteiger partial charge in [0, 0.05) is 18.6 Å². The third-order valence-electron chi connectivity index (χ3n) is 5.06. The molecule has 8 nitrogen and oxygen atoms in total. The van der Waals surface area contributed by atoms with Crippen molar-refractivity contribution in [1.82, 2.24) is 0 Å². The van der Waals surface area contributed by atoms with E-state index < -0.39 is 42.3 Å². The predicted molar refractivity (Wildman–Crippen MR) is 120 cm³/mol. The van der Waals surface area contributed by atoms with Gasteiger partial charge in [0.05, 0.1) is 12.1 Å². The van der Waals surface area contributed by atoms with Crippen molar-refractivity contribution >= 4 is 40.2 Å². The number of carboxylic acid groups (broad SMARTS) is 1. The van der Waals surface area contributed by atoms with Crippen molar-refractivity contribution < 1.29 is 29.0 Å². The molecule has 168 valence electrons. The second-order valence-corrected chi connectivity index (χ2v) is 8.76. The van der Waals surface area contributed by atoms with E-state index in [0.717, 1.165) is 22.2 Å². The Kier molecular flexibility index (Phi) is 7.32. The summed E-state index contributed by atoms with van der Waals surface area (Å²) in [5.74, 6) is -2.72. The molecule has 9 heteroatoms. The first kappa shape index (κ1) is 23.5. The molecule has 0 spiro atoms. The number of fused-ring (bicyclic) bond motifs is 1. The van der Waals surface area contributed by atoms with E-state index >= 15 is 0 Å². The zero-order chi connectivity index (χ0) is 23.3. The largest absolute Gasteiger partial charge is 0.480 e. The molecule has 0 aromatic heterocycles. The number of aliphatic carboxylic acids is 1. The molecule has 3 rings (SSSR count). The molecule has 0 aliphatic carbocycles. The number of carbonyl (C=O) groups excluding carboxylic acids is 3. The summed E-state index contributed by atoms with van der Waals surface area (Å²) in [4.78, 5) is 50.5. The summed E-state index contributed by atoms with van der Waals surface area (Å²) < 4.78 is 5.89. The second kappa shape index (κ2) is 9.97. The van der Waals surface area contributed by atoms with Crippen LogP contribution in [0.3, 0.4) is 0 Å². The molecule has 1 heterocycles. The number of nitrogens with zero attached hydrogens (tertiary/aromatic N) is 1. The minimum atomic E-state index is -2.00. The van der Waals surface area contributed by atoms with Gasteiger partial charge in [-0.25, -0.2) is 0 Å². The Morgan fingerprint density at radius 2 is 1.81 bits per heavy atom. The smallest absolute Gasteiger partial charge is 0.323 e. The topological polar surface area (TPSA) is 127 Å². The monoisotopic (exact) mass is 456 g/mol. The van der Waals surface area contributed by atoms with E-state index in [4.69, 9.17) is 10.5 Å². The van der Waals surface area contributed by atoms with E-state index in [2.05, 4.69) is 0 Å². The average Bonchev–Trinajstić information content (AvgIpc) is 2.85. The number of hydrogen-bond acceptors (Lipinski definition) is 7. The van der Waals surface area contributed by atoms with Gasteiger partial charge in [-0.3, -0.25) is 29.8 Å². The standard InChI is InChI=1S/C23H24N2O6S/c1-15(26)32-14-17(11-16-7-3-2-4-8-16)22(30)23(24)12-20(27)25(13-21(28)29)18-9-5-6-10-19(18)31-23/h2-10,17H,11-14,24H2,1H3,(H,28,29). The van der Waals surface area contributed by atoms with Crippen LogP contribution in [0, 0.1) is 5.92 Å². The molecule has 0 saturated carbocycles. The van der Waals surface area contributed by atoms with Gasteiger partial charge in [0.2, 0.25) is 11.6 Å². The molecule has 0 radical (unpaired) electrons. The lowest BCUT2D eigenvalue weighted by molar-refractivity contribution is -0.142. The van der Waals surface area contributed by atoms with Crippen LogP contribution in [0.25, 0.3) is 0 Å². The minimum absolute atomic E-state index is 0.141. The molecule has 0 fully saturated rings. The maximum Gasteiger partial charge on any atom is 0.323 e. The van der Waals surface area contributed by atoms with Crippen molar-refractivity contribution in [1.29, 1.82) is 0 Å². The predicted octanol–water partition coefficient (Wildman–Crippen LogP) is 2.25. The number of ketones is 1. The number of amides is 1. The van der Waals surface area contributed by atoms with E-state index in [-0.39, 0.29) is 22.3 Å². The van der Waals surface area contributed by atoms with Crippen LogP contribution in [0.5, 0.6) is 5.75 Å². The van der Waals surface area contributed by atoms with Gasteiger partial charge in [-0.2, -0.15) is 0 Å². The lowest BCUT2D eigenvalue weighted by Gasteiger charge is -2.30. The number of hydrogen-bond donors (Lipinski definition) is 2. The zero-order valence-corrected chi connectivity index (χ0v) is 18.3. The maximum atomic E-state index is 13.6. The number of Topliss-reactive ketones (excluding diaryl/α,β-unsaturated/α-hetero) is 1. The normalized spacial score (nSPS) is 18.8. The number of anilines is 1. The Labute approximate surface area is 189 Å². The molecule has 2 aromatic carbocycles. The van der Waals surface area contributed by atoms with Gasteiger partial charge in [-0.1, -0.05) is 54.2 Å². The second-order valence-electron chi connectivity index (χ2n) is 7.56. The Morgan fingerprint density at radius 1 is 1.16 bits per heavy atom. The van der Waals surface area contributed by atoms with Gasteiger partial charge in [0.25, 0.3) is 0 Å². The number of nitrogens with two attached hydrogens (primary N) is 1. The van der Waals surface area contributed by atoms with E-state index in [9.17, 15) is 24.3 Å². The molecule has 1 amide bonds. The molecule has 2 unspecified atom stereocenters. The van der Waals surface area contributed by atoms with Gasteiger partial charge in [0.1, 0.15) is 12.3 Å². The average molecular weight is 457 g/mol. The Balaban J connectivity index is 1.95. The molecule has 0 saturated heterocycles. The van der Waals surface area contributed by atoms with Crippen LogP contribution in [-0.2, 0) is 25.6 Å². The summed E-state index contributed by atoms with van der Waals surface area (Å²) in [5.41, 5.74) is 5.51. The Morgan fingerprint density at radius 3 is 2.47 bits per heavy atom. The highest BCUT2D eigenvalue weighted by Crippen LogP contribution is 2.36. The van der Waals surface area contributed by atoms with Crippen LogP contribution in [0.4, 0.5) is 5.69 Å². The molecule has 1 aliphatic rings. The highest BCUT2D eigenvalue weighted by atomic mass is 32.2. The van der Waals surface area contributed by atoms with Gasteiger partial charge < -0.3 is 9.84 Å². The molecule has 2 atom stereocenters. The van der Waals surface area contributed by atoms with Crippen LogP contribution >= 0.6 is 11.8 Å². The SMILES string of the molecule is CC(=O)SCC(Cc1ccccc1)C(=O)C1(N)CC(=O)N(CC(=O)O)c2ccccc2O1. The first-order valence-electron chi connectivity index (χ1n) is 10.0. The van der Waals surface area contributed by atoms with Crippen molar-refractivity contribution in [3.63, 3.8) is 0 Å². The fourth-order valence-corrected chi connectivity index (χ4v) is 4.29. The van der Waals surface area contributed by atoms with Gasteiger partial charge >= 0.3 is 5.97 Å². The number of carbonyl (C=O) groups is 4. The van der Waals surface area contributed by atoms with Gasteiger partial charge in [0.15, 0.2) is 10.9 Å². The van der Waals surface area contributed by atoms with Crippen molar-refractivity contribution in [2.45, 2.75) is 25.5 Å². The molecular weight excluding hydrogens is 432 g/mol. The molecule has 32 heavy (non-hydrogen) atoms. The van der Waals surface area contributed by atoms with Crippen LogP contribution in [0.1, 0.15) is 18.9 Å². The quantitative estimate of drug-likeness (QED) is 0.619. The molecule has 2 aromatic rings. The first-order chi connectivity index (χ1) is 15.2. The van der Waals surface area contributed by atoms with Gasteiger partial charge in [-0.05, 0) is 24.1 Å². The van der Waals surface area contributed by atoms with Gasteiger partial charge in [-0.15, -0.1) is 0 Å². The van der Waals surface area contributed by atoms with Crippen LogP contribution < -0.4 is 15.4 Å². The summed E-state index contributed by atoms with van der Waals surface area (Å²) in [5, 5.41) is 9.11. The lowest BCUT2D eigenvalue weighted by atomic mass is 9.89. The summed E-state index contributed by atoms with van der Waals surface area (Å²) >= 11 is 1.01. The van der Waals surface area contributed by atoms with E-state index in [0.29, 0.717) is 6.42 Å². The number of thioether (sulfide) groups is 1. The summed E-state index contributed by atoms with van der Waals surface area (Å²) in [7, 11) is 0. The molecule has 0 bridgehead atoms. The Hall–Kier alpha value is -3.17. The highest BCUT2D eigenvalue weighted by molar-refractivity contribution is 8.13. The minimum Gasteiger partial charge on any atom is -0.480 e. The van der Waals surface area contributed by atoms with Crippen molar-refractivity contribution in [3.05, 3.63) is 60.2 Å². The molecular formula is C23H24N2O6S. The fraction of sp³-hybridized carbons (Fsp3) is 0.304. The maximum absolute atomic E-state index is 13.6. The number of benzene rings is 2. The summed E-state index contributed by atoms with van der Waals surface area (Å²) in [6.07, 6.45) is -0.208. The highest BCUT2D eigenvalue weighted by Gasteiger charge is 2.46. The number of carboxylic acids is 1. The van der Waals surface area contributed by atoms with Crippen molar-refractivity contribution in [2.24, 2.45) is 11.7 Å². The van der Waals surface area contributed by atoms with E-state index in [1.807, 2.05) is 30.3 Å². The molecule has 3 N–H and O–H groups in total. The van der Waals surface area contributed by atoms with Crippen molar-refractivity contribution in [3.8, 4) is 5.75 Å². The zero-order valence-electron chi connectivity index (χ0n) is 17.5. The number of ether oxygens (including phenoxy) is 1. The fourth-order valence-electron chi connectivity index (χ4n) is 3.59. The first-order valence-corrected chi connectivity index (χ1v) is 11.0. The van der Waals surface area contributed by atoms with Crippen LogP contribution in [0.2, 0.25) is 0 Å². The Bertz CT molecular complexity index is 1030. The van der Waals surface area contributed by atoms with Crippen LogP contribution in [0.15, 0.2) is 54.6 Å². The number of rotatable bonds is 8. The number of para-hydroxylation sites is 2. The lowest BCUT2D eigenvalue weighted by Crippen LogP contribution is -2.58. The third-order valence-corrected chi connectivity index (χ3v) is 6.03.